The van der Waals surface area contributed by atoms with Crippen molar-refractivity contribution in [2.24, 2.45) is 0 Å². The van der Waals surface area contributed by atoms with E-state index in [4.69, 9.17) is 9.47 Å². The van der Waals surface area contributed by atoms with Crippen LogP contribution in [0.25, 0.3) is 22.2 Å². The van der Waals surface area contributed by atoms with Gasteiger partial charge in [-0.3, -0.25) is 4.79 Å². The minimum atomic E-state index is -0.889. The number of nitrogens with one attached hydrogen (secondary N) is 1. The number of rotatable bonds is 8. The van der Waals surface area contributed by atoms with Gasteiger partial charge < -0.3 is 19.6 Å². The number of aromatic amines is 1. The minimum Gasteiger partial charge on any atom is -0.489 e. The first-order valence-electron chi connectivity index (χ1n) is 11.0. The Kier molecular flexibility index (Phi) is 5.99. The summed E-state index contributed by atoms with van der Waals surface area (Å²) in [4.78, 5) is 15.1. The number of para-hydroxylation sites is 1. The first-order valence-corrected chi connectivity index (χ1v) is 11.0. The molecule has 0 saturated carbocycles. The third-order valence-electron chi connectivity index (χ3n) is 5.58. The maximum Gasteiger partial charge on any atom is 0.307 e. The Bertz CT molecular complexity index is 1410. The van der Waals surface area contributed by atoms with E-state index in [-0.39, 0.29) is 6.42 Å². The molecule has 0 amide bonds. The molecule has 5 heteroatoms. The van der Waals surface area contributed by atoms with E-state index >= 15 is 0 Å². The van der Waals surface area contributed by atoms with Crippen molar-refractivity contribution in [3.8, 4) is 28.5 Å². The number of hydrogen-bond acceptors (Lipinski definition) is 3. The zero-order valence-corrected chi connectivity index (χ0v) is 18.4. The van der Waals surface area contributed by atoms with Crippen LogP contribution >= 0.6 is 0 Å². The van der Waals surface area contributed by atoms with Crippen LogP contribution in [-0.4, -0.2) is 16.1 Å². The molecular weight excluding hydrogens is 426 g/mol. The zero-order chi connectivity index (χ0) is 23.3. The average molecular weight is 450 g/mol. The summed E-state index contributed by atoms with van der Waals surface area (Å²) in [5.74, 6) is 1.24. The molecule has 0 bridgehead atoms. The molecule has 0 saturated heterocycles. The van der Waals surface area contributed by atoms with Gasteiger partial charge in [0.15, 0.2) is 0 Å². The van der Waals surface area contributed by atoms with Crippen LogP contribution in [0.4, 0.5) is 0 Å². The molecule has 0 aliphatic heterocycles. The smallest absolute Gasteiger partial charge is 0.307 e. The Hall–Kier alpha value is -4.51. The number of ether oxygens (including phenoxy) is 2. The van der Waals surface area contributed by atoms with Crippen LogP contribution < -0.4 is 9.47 Å². The number of aromatic nitrogens is 1. The molecule has 5 aromatic rings. The summed E-state index contributed by atoms with van der Waals surface area (Å²) in [5.41, 5.74) is 4.35. The van der Waals surface area contributed by atoms with Crippen LogP contribution in [0.5, 0.6) is 17.2 Å². The van der Waals surface area contributed by atoms with Gasteiger partial charge in [0, 0.05) is 10.9 Å². The molecule has 5 rings (SSSR count). The third kappa shape index (κ3) is 4.79. The molecule has 5 nitrogen and oxygen atoms in total. The number of carboxylic acids is 1. The topological polar surface area (TPSA) is 71.5 Å². The number of carbonyl (C=O) groups is 1. The standard InChI is InChI=1S/C29H23NO4/c31-28(32)18-26-25-17-24(34-23-9-5-2-6-10-23)15-16-27(25)30-29(26)21-11-13-22(14-12-21)33-19-20-7-3-1-4-8-20/h1-17,30H,18-19H2,(H,31,32). The highest BCUT2D eigenvalue weighted by atomic mass is 16.5. The van der Waals surface area contributed by atoms with E-state index in [1.165, 1.54) is 0 Å². The highest BCUT2D eigenvalue weighted by Gasteiger charge is 2.17. The molecule has 4 aromatic carbocycles. The maximum absolute atomic E-state index is 11.7. The van der Waals surface area contributed by atoms with Gasteiger partial charge in [0.1, 0.15) is 23.9 Å². The van der Waals surface area contributed by atoms with E-state index in [1.807, 2.05) is 103 Å². The molecule has 168 valence electrons. The number of carboxylic acid groups (broad SMARTS) is 1. The summed E-state index contributed by atoms with van der Waals surface area (Å²) < 4.78 is 11.9. The molecule has 0 fully saturated rings. The lowest BCUT2D eigenvalue weighted by Crippen LogP contribution is -2.01. The predicted molar refractivity (Wildman–Crippen MR) is 132 cm³/mol. The zero-order valence-electron chi connectivity index (χ0n) is 18.4. The second-order valence-electron chi connectivity index (χ2n) is 7.97. The number of fused-ring (bicyclic) bond motifs is 1. The molecule has 0 spiro atoms. The Morgan fingerprint density at radius 1 is 0.765 bits per heavy atom. The summed E-state index contributed by atoms with van der Waals surface area (Å²) in [6, 6.07) is 32.9. The summed E-state index contributed by atoms with van der Waals surface area (Å²) in [5, 5.41) is 10.4. The Balaban J connectivity index is 1.44. The molecule has 1 aromatic heterocycles. The van der Waals surface area contributed by atoms with Crippen LogP contribution in [0, 0.1) is 0 Å². The fourth-order valence-electron chi connectivity index (χ4n) is 3.95. The van der Waals surface area contributed by atoms with Gasteiger partial charge in [-0.15, -0.1) is 0 Å². The summed E-state index contributed by atoms with van der Waals surface area (Å²) >= 11 is 0. The molecule has 0 radical (unpaired) electrons. The fraction of sp³-hybridized carbons (Fsp3) is 0.0690. The molecule has 0 atom stereocenters. The fourth-order valence-corrected chi connectivity index (χ4v) is 3.95. The lowest BCUT2D eigenvalue weighted by Gasteiger charge is -2.08. The molecule has 0 unspecified atom stereocenters. The van der Waals surface area contributed by atoms with Crippen LogP contribution in [0.1, 0.15) is 11.1 Å². The Morgan fingerprint density at radius 2 is 1.44 bits per heavy atom. The van der Waals surface area contributed by atoms with Crippen molar-refractivity contribution >= 4 is 16.9 Å². The second-order valence-corrected chi connectivity index (χ2v) is 7.97. The van der Waals surface area contributed by atoms with Gasteiger partial charge >= 0.3 is 5.97 Å². The molecule has 34 heavy (non-hydrogen) atoms. The number of benzene rings is 4. The van der Waals surface area contributed by atoms with Crippen molar-refractivity contribution in [3.05, 3.63) is 114 Å². The lowest BCUT2D eigenvalue weighted by atomic mass is 10.0. The number of H-pyrrole nitrogens is 1. The monoisotopic (exact) mass is 449 g/mol. The van der Waals surface area contributed by atoms with Gasteiger partial charge in [0.05, 0.1) is 12.1 Å². The van der Waals surface area contributed by atoms with E-state index in [0.717, 1.165) is 44.8 Å². The van der Waals surface area contributed by atoms with Crippen LogP contribution in [0.2, 0.25) is 0 Å². The Morgan fingerprint density at radius 3 is 2.15 bits per heavy atom. The highest BCUT2D eigenvalue weighted by Crippen LogP contribution is 2.35. The van der Waals surface area contributed by atoms with E-state index in [9.17, 15) is 9.90 Å². The molecular formula is C29H23NO4. The predicted octanol–water partition coefficient (Wildman–Crippen LogP) is 6.83. The van der Waals surface area contributed by atoms with Gasteiger partial charge in [0.25, 0.3) is 0 Å². The summed E-state index contributed by atoms with van der Waals surface area (Å²) in [6.07, 6.45) is -0.101. The van der Waals surface area contributed by atoms with Gasteiger partial charge in [-0.2, -0.15) is 0 Å². The summed E-state index contributed by atoms with van der Waals surface area (Å²) in [6.45, 7) is 0.487. The van der Waals surface area contributed by atoms with Crippen LogP contribution in [0.3, 0.4) is 0 Å². The second kappa shape index (κ2) is 9.55. The van der Waals surface area contributed by atoms with Gasteiger partial charge in [0.2, 0.25) is 0 Å². The van der Waals surface area contributed by atoms with Crippen molar-refractivity contribution in [2.75, 3.05) is 0 Å². The largest absolute Gasteiger partial charge is 0.489 e. The first kappa shape index (κ1) is 21.3. The maximum atomic E-state index is 11.7. The molecule has 0 aliphatic carbocycles. The van der Waals surface area contributed by atoms with Crippen molar-refractivity contribution in [3.63, 3.8) is 0 Å². The van der Waals surface area contributed by atoms with Crippen molar-refractivity contribution in [1.29, 1.82) is 0 Å². The Labute approximate surface area is 197 Å². The van der Waals surface area contributed by atoms with E-state index < -0.39 is 5.97 Å². The van der Waals surface area contributed by atoms with Gasteiger partial charge in [-0.25, -0.2) is 0 Å². The first-order chi connectivity index (χ1) is 16.7. The third-order valence-corrected chi connectivity index (χ3v) is 5.58. The van der Waals surface area contributed by atoms with Crippen molar-refractivity contribution in [2.45, 2.75) is 13.0 Å². The lowest BCUT2D eigenvalue weighted by molar-refractivity contribution is -0.136. The van der Waals surface area contributed by atoms with E-state index in [1.54, 1.807) is 0 Å². The normalized spacial score (nSPS) is 10.8. The number of hydrogen-bond donors (Lipinski definition) is 2. The quantitative estimate of drug-likeness (QED) is 0.272. The minimum absolute atomic E-state index is 0.101. The van der Waals surface area contributed by atoms with Gasteiger partial charge in [-0.1, -0.05) is 48.5 Å². The van der Waals surface area contributed by atoms with Crippen molar-refractivity contribution in [1.82, 2.24) is 4.98 Å². The average Bonchev–Trinajstić information content (AvgIpc) is 3.21. The van der Waals surface area contributed by atoms with Gasteiger partial charge in [-0.05, 0) is 71.3 Å². The van der Waals surface area contributed by atoms with Crippen LogP contribution in [-0.2, 0) is 17.8 Å². The van der Waals surface area contributed by atoms with E-state index in [0.29, 0.717) is 12.4 Å². The highest BCUT2D eigenvalue weighted by molar-refractivity contribution is 5.94. The SMILES string of the molecule is O=C(O)Cc1c(-c2ccc(OCc3ccccc3)cc2)[nH]c2ccc(Oc3ccccc3)cc12. The van der Waals surface area contributed by atoms with E-state index in [2.05, 4.69) is 4.98 Å². The summed E-state index contributed by atoms with van der Waals surface area (Å²) in [7, 11) is 0. The van der Waals surface area contributed by atoms with Crippen molar-refractivity contribution < 1.29 is 19.4 Å². The molecule has 0 aliphatic rings. The number of aliphatic carboxylic acids is 1. The van der Waals surface area contributed by atoms with Crippen LogP contribution in [0.15, 0.2) is 103 Å². The molecule has 2 N–H and O–H groups in total. The molecule has 1 heterocycles.